The topological polar surface area (TPSA) is 519 Å². The van der Waals surface area contributed by atoms with E-state index in [0.717, 1.165) is 16.7 Å². The number of hydrogen-bond acceptors (Lipinski definition) is 20. The van der Waals surface area contributed by atoms with Gasteiger partial charge in [0.25, 0.3) is 0 Å². The molecule has 3 fully saturated rings. The monoisotopic (exact) mass is 1260 g/mol. The predicted molar refractivity (Wildman–Crippen MR) is 309 cm³/mol. The third kappa shape index (κ3) is 20.9. The lowest BCUT2D eigenvalue weighted by Crippen LogP contribution is -2.62. The number of aliphatic carboxylic acids is 1. The second kappa shape index (κ2) is 33.3. The Labute approximate surface area is 506 Å². The van der Waals surface area contributed by atoms with Crippen molar-refractivity contribution in [2.45, 2.75) is 170 Å². The number of carbonyl (C=O) groups is 10. The number of benzene rings is 2. The number of aromatic hydroxyl groups is 2. The minimum atomic E-state index is -5.38. The number of unbranched alkanes of at least 4 members (excludes halogenated alkanes) is 2. The molecule has 2 aromatic carbocycles. The van der Waals surface area contributed by atoms with Crippen molar-refractivity contribution in [1.82, 2.24) is 46.6 Å². The Hall–Kier alpha value is -7.39. The lowest BCUT2D eigenvalue weighted by molar-refractivity contribution is -0.145. The highest BCUT2D eigenvalue weighted by atomic mass is 31.2. The van der Waals surface area contributed by atoms with Gasteiger partial charge in [-0.15, -0.1) is 0 Å². The molecule has 3 heterocycles. The first-order valence-corrected chi connectivity index (χ1v) is 30.5. The number of carbonyl (C=O) groups excluding carboxylic acids is 9. The van der Waals surface area contributed by atoms with E-state index < -0.39 is 178 Å². The first-order valence-electron chi connectivity index (χ1n) is 28.9. The van der Waals surface area contributed by atoms with Crippen LogP contribution in [0.3, 0.4) is 0 Å². The molecule has 2 aromatic rings. The molecule has 33 heteroatoms. The molecule has 9 amide bonds. The van der Waals surface area contributed by atoms with Crippen LogP contribution in [0.4, 0.5) is 0 Å². The summed E-state index contributed by atoms with van der Waals surface area (Å²) in [6, 6.07) is -4.56. The molecule has 88 heavy (non-hydrogen) atoms. The van der Waals surface area contributed by atoms with E-state index in [1.165, 1.54) is 60.4 Å². The Bertz CT molecular complexity index is 2810. The maximum Gasteiger partial charge on any atom is 0.469 e. The molecule has 3 aliphatic heterocycles. The van der Waals surface area contributed by atoms with Gasteiger partial charge in [0.2, 0.25) is 53.2 Å². The average Bonchev–Trinajstić information content (AvgIpc) is 4.14. The SMILES string of the molecule is C[C@H](N)C(=O)N[C@@H](CCCCN)C(=O)N1CCC[C@H]1C(=O)N[C@@H](COP(=O)(O)O)C(=O)N[C@@H](Cc1ccc(O)cc1)C(=O)N1C[C@H](O)C[C@H]1C(=O)N[C@H](C(=O)N[C@@H](Cc1ccc(O)cc1)C(=O)N1C[C@H](O)C[C@H]1C(=O)N[C@@H](CCCCN)C(=O)O)[C@@H](C)O. The highest BCUT2D eigenvalue weighted by molar-refractivity contribution is 7.46. The van der Waals surface area contributed by atoms with Crippen LogP contribution in [-0.4, -0.2) is 232 Å². The number of phosphoric ester groups is 1. The number of phosphoric acid groups is 1. The summed E-state index contributed by atoms with van der Waals surface area (Å²) < 4.78 is 16.7. The molecule has 3 saturated heterocycles. The molecule has 0 unspecified atom stereocenters. The highest BCUT2D eigenvalue weighted by Crippen LogP contribution is 2.36. The maximum absolute atomic E-state index is 14.9. The number of β-amino-alcohol motifs (C(OH)–C–C–N with tert-alkyl or cyclic N) is 2. The molecular formula is C55H83N12O20P. The normalized spacial score (nSPS) is 21.2. The largest absolute Gasteiger partial charge is 0.508 e. The van der Waals surface area contributed by atoms with E-state index in [0.29, 0.717) is 31.2 Å². The van der Waals surface area contributed by atoms with Gasteiger partial charge >= 0.3 is 13.8 Å². The fourth-order valence-electron chi connectivity index (χ4n) is 10.5. The van der Waals surface area contributed by atoms with Crippen LogP contribution in [0.1, 0.15) is 89.2 Å². The molecule has 0 bridgehead atoms. The number of likely N-dealkylation sites (tertiary alicyclic amines) is 3. The van der Waals surface area contributed by atoms with E-state index in [4.69, 9.17) is 17.2 Å². The molecular weight excluding hydrogens is 1180 g/mol. The van der Waals surface area contributed by atoms with Crippen LogP contribution in [0, 0.1) is 0 Å². The zero-order valence-corrected chi connectivity index (χ0v) is 49.7. The third-order valence-corrected chi connectivity index (χ3v) is 15.7. The lowest BCUT2D eigenvalue weighted by atomic mass is 10.0. The number of phenols is 2. The van der Waals surface area contributed by atoms with Gasteiger partial charge in [0.15, 0.2) is 0 Å². The summed E-state index contributed by atoms with van der Waals surface area (Å²) in [5.41, 5.74) is 17.6. The summed E-state index contributed by atoms with van der Waals surface area (Å²) in [6.07, 6.45) is -3.87. The van der Waals surface area contributed by atoms with E-state index >= 15 is 0 Å². The van der Waals surface area contributed by atoms with Crippen LogP contribution in [-0.2, 0) is 69.9 Å². The van der Waals surface area contributed by atoms with Crippen LogP contribution < -0.4 is 49.1 Å². The van der Waals surface area contributed by atoms with E-state index in [1.54, 1.807) is 0 Å². The van der Waals surface area contributed by atoms with Crippen molar-refractivity contribution in [3.8, 4) is 11.5 Å². The lowest BCUT2D eigenvalue weighted by Gasteiger charge is -2.32. The summed E-state index contributed by atoms with van der Waals surface area (Å²) in [7, 11) is -5.38. The number of nitrogens with two attached hydrogens (primary N) is 3. The molecule has 488 valence electrons. The number of hydrogen-bond donors (Lipinski definition) is 17. The number of aliphatic hydroxyl groups excluding tert-OH is 3. The molecule has 0 spiro atoms. The van der Waals surface area contributed by atoms with Crippen LogP contribution in [0.2, 0.25) is 0 Å². The second-order valence-corrected chi connectivity index (χ2v) is 23.5. The molecule has 13 atom stereocenters. The van der Waals surface area contributed by atoms with Crippen LogP contribution in [0.5, 0.6) is 11.5 Å². The molecule has 32 nitrogen and oxygen atoms in total. The van der Waals surface area contributed by atoms with Gasteiger partial charge in [-0.05, 0) is 114 Å². The van der Waals surface area contributed by atoms with E-state index in [-0.39, 0.29) is 75.2 Å². The summed E-state index contributed by atoms with van der Waals surface area (Å²) in [6.45, 7) is 0.889. The Kier molecular flexibility index (Phi) is 27.0. The van der Waals surface area contributed by atoms with E-state index in [9.17, 15) is 92.9 Å². The molecule has 5 rings (SSSR count). The quantitative estimate of drug-likeness (QED) is 0.0241. The molecule has 0 aliphatic carbocycles. The minimum absolute atomic E-state index is 0.00249. The number of carboxylic acids is 1. The Balaban J connectivity index is 1.40. The first-order chi connectivity index (χ1) is 41.5. The number of nitrogens with zero attached hydrogens (tertiary/aromatic N) is 3. The van der Waals surface area contributed by atoms with Crippen LogP contribution >= 0.6 is 7.82 Å². The van der Waals surface area contributed by atoms with Crippen molar-refractivity contribution in [3.05, 3.63) is 59.7 Å². The summed E-state index contributed by atoms with van der Waals surface area (Å²) in [5.74, 6) is -10.5. The zero-order chi connectivity index (χ0) is 65.2. The van der Waals surface area contributed by atoms with Gasteiger partial charge in [-0.25, -0.2) is 9.36 Å². The third-order valence-electron chi connectivity index (χ3n) is 15.2. The van der Waals surface area contributed by atoms with Gasteiger partial charge in [0.05, 0.1) is 31.0 Å². The number of aliphatic hydroxyl groups is 3. The van der Waals surface area contributed by atoms with Gasteiger partial charge in [-0.2, -0.15) is 0 Å². The highest BCUT2D eigenvalue weighted by Gasteiger charge is 2.47. The van der Waals surface area contributed by atoms with Crippen molar-refractivity contribution < 1.29 is 97.5 Å². The minimum Gasteiger partial charge on any atom is -0.508 e. The average molecular weight is 1260 g/mol. The Morgan fingerprint density at radius 1 is 0.591 bits per heavy atom. The Morgan fingerprint density at radius 3 is 1.48 bits per heavy atom. The van der Waals surface area contributed by atoms with Crippen molar-refractivity contribution >= 4 is 67.0 Å². The Morgan fingerprint density at radius 2 is 1.02 bits per heavy atom. The van der Waals surface area contributed by atoms with Gasteiger partial charge < -0.3 is 104 Å². The van der Waals surface area contributed by atoms with Crippen molar-refractivity contribution in [3.63, 3.8) is 0 Å². The standard InChI is InChI=1S/C55H83N12O20P/c1-29(58)46(73)59-37(8-3-5-19-56)52(79)65-21-7-10-42(65)48(75)63-41(28-87-88(84,85)86)47(74)61-39(22-31-11-15-33(69)16-12-31)53(80)67-27-36(72)25-44(67)50(77)64-45(30(2)68)51(78)62-40(23-32-13-17-34(70)18-14-32)54(81)66-26-35(71)24-43(66)49(76)60-38(55(82)83)9-4-6-20-57/h11-18,29-30,35-45,68-72H,3-10,19-28,56-58H2,1-2H3,(H,59,73)(H,60,76)(H,61,74)(H,62,78)(H,63,75)(H,64,77)(H,82,83)(H2,84,85,86)/t29-,30+,35+,36+,37-,38-,39-,40-,41-,42-,43-,44-,45-/m0/s1. The number of nitrogens with one attached hydrogen (secondary N) is 6. The smallest absolute Gasteiger partial charge is 0.469 e. The van der Waals surface area contributed by atoms with Gasteiger partial charge in [0, 0.05) is 45.3 Å². The van der Waals surface area contributed by atoms with Gasteiger partial charge in [0.1, 0.15) is 65.9 Å². The van der Waals surface area contributed by atoms with Crippen molar-refractivity contribution in [2.75, 3.05) is 39.3 Å². The van der Waals surface area contributed by atoms with Crippen LogP contribution in [0.25, 0.3) is 0 Å². The number of amides is 9. The molecule has 20 N–H and O–H groups in total. The maximum atomic E-state index is 14.9. The predicted octanol–water partition coefficient (Wildman–Crippen LogP) is -5.11. The molecule has 0 aromatic heterocycles. The number of rotatable bonds is 32. The van der Waals surface area contributed by atoms with E-state index in [2.05, 4.69) is 36.4 Å². The summed E-state index contributed by atoms with van der Waals surface area (Å²) >= 11 is 0. The second-order valence-electron chi connectivity index (χ2n) is 22.2. The fraction of sp³-hybridized carbons (Fsp3) is 0.600. The molecule has 3 aliphatic rings. The fourth-order valence-corrected chi connectivity index (χ4v) is 10.9. The molecule has 0 saturated carbocycles. The summed E-state index contributed by atoms with van der Waals surface area (Å²) in [5, 5.41) is 77.4. The van der Waals surface area contributed by atoms with Gasteiger partial charge in [-0.1, -0.05) is 24.3 Å². The summed E-state index contributed by atoms with van der Waals surface area (Å²) in [4.78, 5) is 162. The first kappa shape index (κ1) is 71.4. The zero-order valence-electron chi connectivity index (χ0n) is 48.8. The van der Waals surface area contributed by atoms with Crippen molar-refractivity contribution in [2.24, 2.45) is 17.2 Å². The van der Waals surface area contributed by atoms with Crippen LogP contribution in [0.15, 0.2) is 48.5 Å². The number of phenolic OH excluding ortho intramolecular Hbond substituents is 2. The van der Waals surface area contributed by atoms with Gasteiger partial charge in [-0.3, -0.25) is 47.7 Å². The van der Waals surface area contributed by atoms with E-state index in [1.807, 2.05) is 0 Å². The number of carboxylic acid groups (broad SMARTS) is 1. The van der Waals surface area contributed by atoms with Crippen molar-refractivity contribution in [1.29, 1.82) is 0 Å². The molecule has 0 radical (unpaired) electrons.